The summed E-state index contributed by atoms with van der Waals surface area (Å²) in [6, 6.07) is 2.15. The summed E-state index contributed by atoms with van der Waals surface area (Å²) in [6.45, 7) is 12.5. The molecule has 1 aromatic rings. The highest BCUT2D eigenvalue weighted by Gasteiger charge is 2.22. The van der Waals surface area contributed by atoms with Gasteiger partial charge in [-0.25, -0.2) is 0 Å². The maximum atomic E-state index is 4.16. The number of nitrogens with zero attached hydrogens (tertiary/aromatic N) is 2. The number of pyridine rings is 1. The minimum atomic E-state index is 0.747. The van der Waals surface area contributed by atoms with Gasteiger partial charge < -0.3 is 5.32 Å². The van der Waals surface area contributed by atoms with E-state index in [-0.39, 0.29) is 0 Å². The van der Waals surface area contributed by atoms with Crippen molar-refractivity contribution in [2.75, 3.05) is 26.2 Å². The Labute approximate surface area is 117 Å². The molecule has 1 saturated heterocycles. The van der Waals surface area contributed by atoms with Crippen molar-refractivity contribution in [1.29, 1.82) is 0 Å². The molecule has 1 aliphatic rings. The molecule has 3 nitrogen and oxygen atoms in total. The molecular formula is C16H27N3. The van der Waals surface area contributed by atoms with E-state index in [1.807, 2.05) is 12.4 Å². The topological polar surface area (TPSA) is 28.2 Å². The van der Waals surface area contributed by atoms with Crippen LogP contribution in [0.15, 0.2) is 18.5 Å². The van der Waals surface area contributed by atoms with Gasteiger partial charge in [0, 0.05) is 25.5 Å². The summed E-state index contributed by atoms with van der Waals surface area (Å²) < 4.78 is 0. The molecule has 1 N–H and O–H groups in total. The smallest absolute Gasteiger partial charge is 0.0300 e. The maximum Gasteiger partial charge on any atom is 0.0300 e. The summed E-state index contributed by atoms with van der Waals surface area (Å²) in [5.74, 6) is 1.57. The molecule has 1 atom stereocenters. The first-order valence-corrected chi connectivity index (χ1v) is 7.47. The van der Waals surface area contributed by atoms with E-state index in [0.29, 0.717) is 0 Å². The number of likely N-dealkylation sites (tertiary alicyclic amines) is 1. The van der Waals surface area contributed by atoms with Crippen LogP contribution in [0.25, 0.3) is 0 Å². The maximum absolute atomic E-state index is 4.16. The molecule has 0 spiro atoms. The fourth-order valence-corrected chi connectivity index (χ4v) is 2.72. The van der Waals surface area contributed by atoms with Crippen LogP contribution in [0.5, 0.6) is 0 Å². The van der Waals surface area contributed by atoms with Gasteiger partial charge in [0.1, 0.15) is 0 Å². The Bertz CT molecular complexity index is 389. The van der Waals surface area contributed by atoms with Gasteiger partial charge in [0.2, 0.25) is 0 Å². The molecule has 1 aliphatic heterocycles. The number of rotatable bonds is 6. The van der Waals surface area contributed by atoms with E-state index >= 15 is 0 Å². The van der Waals surface area contributed by atoms with Crippen molar-refractivity contribution in [1.82, 2.24) is 15.2 Å². The normalized spacial score (nSPS) is 20.3. The first-order valence-electron chi connectivity index (χ1n) is 7.47. The average molecular weight is 261 g/mol. The lowest BCUT2D eigenvalue weighted by atomic mass is 10.1. The Hall–Kier alpha value is -0.930. The molecule has 0 radical (unpaired) electrons. The molecule has 1 fully saturated rings. The Morgan fingerprint density at radius 1 is 1.47 bits per heavy atom. The van der Waals surface area contributed by atoms with Gasteiger partial charge in [-0.15, -0.1) is 0 Å². The first-order chi connectivity index (χ1) is 9.15. The van der Waals surface area contributed by atoms with Crippen molar-refractivity contribution >= 4 is 0 Å². The van der Waals surface area contributed by atoms with Crippen LogP contribution in [0.4, 0.5) is 0 Å². The molecule has 0 bridgehead atoms. The molecule has 0 saturated carbocycles. The lowest BCUT2D eigenvalue weighted by Crippen LogP contribution is -2.28. The lowest BCUT2D eigenvalue weighted by Gasteiger charge is -2.17. The van der Waals surface area contributed by atoms with Crippen molar-refractivity contribution in [3.05, 3.63) is 29.6 Å². The third-order valence-electron chi connectivity index (χ3n) is 3.89. The second kappa shape index (κ2) is 7.01. The van der Waals surface area contributed by atoms with Crippen LogP contribution >= 0.6 is 0 Å². The molecule has 2 heterocycles. The molecule has 0 amide bonds. The number of hydrogen-bond acceptors (Lipinski definition) is 3. The number of aromatic nitrogens is 1. The van der Waals surface area contributed by atoms with Gasteiger partial charge in [0.05, 0.1) is 0 Å². The molecule has 106 valence electrons. The lowest BCUT2D eigenvalue weighted by molar-refractivity contribution is 0.312. The summed E-state index contributed by atoms with van der Waals surface area (Å²) in [5, 5.41) is 3.59. The van der Waals surface area contributed by atoms with Gasteiger partial charge >= 0.3 is 0 Å². The average Bonchev–Trinajstić information content (AvgIpc) is 2.79. The zero-order chi connectivity index (χ0) is 13.7. The van der Waals surface area contributed by atoms with Crippen LogP contribution in [-0.4, -0.2) is 36.1 Å². The summed E-state index contributed by atoms with van der Waals surface area (Å²) in [4.78, 5) is 6.74. The quantitative estimate of drug-likeness (QED) is 0.852. The second-order valence-electron chi connectivity index (χ2n) is 6.24. The molecule has 1 aromatic heterocycles. The zero-order valence-corrected chi connectivity index (χ0v) is 12.5. The zero-order valence-electron chi connectivity index (χ0n) is 12.5. The van der Waals surface area contributed by atoms with E-state index < -0.39 is 0 Å². The van der Waals surface area contributed by atoms with Gasteiger partial charge in [0.25, 0.3) is 0 Å². The number of hydrogen-bond donors (Lipinski definition) is 1. The summed E-state index contributed by atoms with van der Waals surface area (Å²) in [7, 11) is 0. The van der Waals surface area contributed by atoms with Gasteiger partial charge in [-0.2, -0.15) is 0 Å². The van der Waals surface area contributed by atoms with Gasteiger partial charge in [-0.3, -0.25) is 9.88 Å². The van der Waals surface area contributed by atoms with Crippen LogP contribution in [0, 0.1) is 18.8 Å². The summed E-state index contributed by atoms with van der Waals surface area (Å²) >= 11 is 0. The Kier molecular flexibility index (Phi) is 5.34. The Morgan fingerprint density at radius 2 is 2.32 bits per heavy atom. The van der Waals surface area contributed by atoms with Crippen LogP contribution in [0.3, 0.4) is 0 Å². The van der Waals surface area contributed by atoms with Crippen LogP contribution in [0.1, 0.15) is 31.4 Å². The largest absolute Gasteiger partial charge is 0.316 e. The van der Waals surface area contributed by atoms with Crippen molar-refractivity contribution in [2.45, 2.75) is 33.7 Å². The molecule has 3 heteroatoms. The van der Waals surface area contributed by atoms with E-state index in [1.54, 1.807) is 0 Å². The molecule has 0 aliphatic carbocycles. The van der Waals surface area contributed by atoms with Crippen LogP contribution < -0.4 is 5.32 Å². The van der Waals surface area contributed by atoms with E-state index in [0.717, 1.165) is 24.9 Å². The van der Waals surface area contributed by atoms with Crippen LogP contribution in [-0.2, 0) is 6.54 Å². The summed E-state index contributed by atoms with van der Waals surface area (Å²) in [5.41, 5.74) is 2.73. The van der Waals surface area contributed by atoms with E-state index in [2.05, 4.69) is 42.0 Å². The fourth-order valence-electron chi connectivity index (χ4n) is 2.72. The van der Waals surface area contributed by atoms with Crippen molar-refractivity contribution < 1.29 is 0 Å². The predicted molar refractivity (Wildman–Crippen MR) is 80.1 cm³/mol. The third kappa shape index (κ3) is 4.59. The van der Waals surface area contributed by atoms with Gasteiger partial charge in [0.15, 0.2) is 0 Å². The standard InChI is InChI=1S/C16H27N3/c1-13(2)8-18-10-15-5-7-19(11-15)12-16-4-6-17-9-14(16)3/h4,6,9,13,15,18H,5,7-8,10-12H2,1-3H3. The Morgan fingerprint density at radius 3 is 3.05 bits per heavy atom. The minimum Gasteiger partial charge on any atom is -0.316 e. The SMILES string of the molecule is Cc1cnccc1CN1CCC(CNCC(C)C)C1. The van der Waals surface area contributed by atoms with E-state index in [4.69, 9.17) is 0 Å². The Balaban J connectivity index is 1.75. The second-order valence-corrected chi connectivity index (χ2v) is 6.24. The van der Waals surface area contributed by atoms with Crippen molar-refractivity contribution in [2.24, 2.45) is 11.8 Å². The molecule has 19 heavy (non-hydrogen) atoms. The highest BCUT2D eigenvalue weighted by atomic mass is 15.1. The number of aryl methyl sites for hydroxylation is 1. The third-order valence-corrected chi connectivity index (χ3v) is 3.89. The van der Waals surface area contributed by atoms with Gasteiger partial charge in [-0.1, -0.05) is 13.8 Å². The highest BCUT2D eigenvalue weighted by Crippen LogP contribution is 2.19. The minimum absolute atomic E-state index is 0.747. The van der Waals surface area contributed by atoms with Crippen molar-refractivity contribution in [3.8, 4) is 0 Å². The van der Waals surface area contributed by atoms with Crippen molar-refractivity contribution in [3.63, 3.8) is 0 Å². The monoisotopic (exact) mass is 261 g/mol. The van der Waals surface area contributed by atoms with E-state index in [9.17, 15) is 0 Å². The molecule has 2 rings (SSSR count). The molecule has 0 aromatic carbocycles. The molecule has 1 unspecified atom stereocenters. The predicted octanol–water partition coefficient (Wildman–Crippen LogP) is 2.46. The fraction of sp³-hybridized carbons (Fsp3) is 0.688. The molecular weight excluding hydrogens is 234 g/mol. The van der Waals surface area contributed by atoms with E-state index in [1.165, 1.54) is 37.2 Å². The highest BCUT2D eigenvalue weighted by molar-refractivity contribution is 5.21. The van der Waals surface area contributed by atoms with Gasteiger partial charge in [-0.05, 0) is 62.0 Å². The van der Waals surface area contributed by atoms with Crippen LogP contribution in [0.2, 0.25) is 0 Å². The number of nitrogens with one attached hydrogen (secondary N) is 1. The summed E-state index contributed by atoms with van der Waals surface area (Å²) in [6.07, 6.45) is 5.20. The first kappa shape index (κ1) is 14.5.